The summed E-state index contributed by atoms with van der Waals surface area (Å²) < 4.78 is 638. The first-order chi connectivity index (χ1) is 46.4. The van der Waals surface area contributed by atoms with Crippen molar-refractivity contribution < 1.29 is 443 Å². The maximum atomic E-state index is 15.1. The monoisotopic (exact) mass is 2040 g/mol. The van der Waals surface area contributed by atoms with E-state index in [-0.39, 0.29) is 246 Å². The van der Waals surface area contributed by atoms with E-state index in [1.807, 2.05) is 9.47 Å². The average molecular weight is 2040 g/mol. The van der Waals surface area contributed by atoms with E-state index < -0.39 is 297 Å². The molecule has 0 aliphatic rings. The molecule has 0 aliphatic carbocycles. The molecule has 0 heterocycles. The van der Waals surface area contributed by atoms with Gasteiger partial charge in [0.25, 0.3) is 0 Å². The average Bonchev–Trinajstić information content (AvgIpc) is 0.753. The Morgan fingerprint density at radius 1 is 0.330 bits per heavy atom. The summed E-state index contributed by atoms with van der Waals surface area (Å²) in [6.07, 6.45) is -46.7. The summed E-state index contributed by atoms with van der Waals surface area (Å²) >= 11 is -2.32. The minimum atomic E-state index is -7.61. The first-order valence-corrected chi connectivity index (χ1v) is 31.3. The van der Waals surface area contributed by atoms with Gasteiger partial charge in [-0.3, -0.25) is 0 Å². The Morgan fingerprint density at radius 3 is 0.807 bits per heavy atom. The van der Waals surface area contributed by atoms with Crippen LogP contribution in [-0.2, 0) is 70.7 Å². The van der Waals surface area contributed by atoms with Crippen LogP contribution in [0.3, 0.4) is 0 Å². The van der Waals surface area contributed by atoms with Gasteiger partial charge in [0.15, 0.2) is 113 Å². The van der Waals surface area contributed by atoms with E-state index in [0.29, 0.717) is 0 Å². The van der Waals surface area contributed by atoms with E-state index in [9.17, 15) is 210 Å². The molecule has 0 radical (unpaired) electrons. The normalized spacial score (nSPS) is 13.2. The Labute approximate surface area is 780 Å². The molecule has 5 aromatic carbocycles. The molecule has 598 valence electrons. The van der Waals surface area contributed by atoms with Crippen LogP contribution in [0.25, 0.3) is 0 Å². The van der Waals surface area contributed by atoms with E-state index in [2.05, 4.69) is 16.8 Å². The third-order valence-electron chi connectivity index (χ3n) is 9.86. The number of halogens is 43. The number of hydrogen-bond acceptors (Lipinski definition) is 18. The van der Waals surface area contributed by atoms with E-state index in [4.69, 9.17) is 0 Å². The summed E-state index contributed by atoms with van der Waals surface area (Å²) in [4.78, 5) is -13.1. The minimum absolute atomic E-state index is 0. The Bertz CT molecular complexity index is 4330. The first kappa shape index (κ1) is 115. The van der Waals surface area contributed by atoms with Crippen LogP contribution in [0.15, 0.2) is 64.6 Å². The van der Waals surface area contributed by atoms with Gasteiger partial charge in [-0.05, 0) is 35.7 Å². The van der Waals surface area contributed by atoms with Crippen molar-refractivity contribution in [1.29, 1.82) is 0 Å². The van der Waals surface area contributed by atoms with E-state index in [0.717, 1.165) is 0 Å². The van der Waals surface area contributed by atoms with Gasteiger partial charge >= 0.3 is 273 Å². The van der Waals surface area contributed by atoms with Crippen LogP contribution < -0.4 is 206 Å². The zero-order chi connectivity index (χ0) is 83.2. The maximum Gasteiger partial charge on any atom is 1.00 e. The molecule has 0 spiro atoms. The topological polar surface area (TPSA) is 185 Å². The van der Waals surface area contributed by atoms with Crippen LogP contribution in [0, 0.1) is 105 Å². The molecule has 0 N–H and O–H groups in total. The molecule has 0 amide bonds. The molecule has 0 saturated carbocycles. The molecule has 0 bridgehead atoms. The van der Waals surface area contributed by atoms with E-state index in [1.54, 1.807) is 4.74 Å². The third-order valence-corrected chi connectivity index (χ3v) is 17.2. The van der Waals surface area contributed by atoms with Gasteiger partial charge < -0.3 is 34.3 Å². The predicted molar refractivity (Wildman–Crippen MR) is 263 cm³/mol. The fraction of sp³-hybridized carbons (Fsp3) is 0.286. The number of alkyl halides is 25. The van der Waals surface area contributed by atoms with Crippen LogP contribution in [-0.4, -0.2) is 93.6 Å². The van der Waals surface area contributed by atoms with Crippen molar-refractivity contribution >= 4 is 113 Å². The van der Waals surface area contributed by atoms with Crippen LogP contribution in [0.5, 0.6) is 0 Å². The van der Waals surface area contributed by atoms with Crippen molar-refractivity contribution in [3.05, 3.63) is 135 Å². The molecule has 0 aliphatic heterocycles. The second-order valence-corrected chi connectivity index (χ2v) is 26.6. The van der Waals surface area contributed by atoms with Gasteiger partial charge in [0.1, 0.15) is 11.6 Å². The summed E-state index contributed by atoms with van der Waals surface area (Å²) in [5.41, 5.74) is 0. The molecular formula is C42H5F42IK4O12S8. The van der Waals surface area contributed by atoms with Crippen molar-refractivity contribution in [3.63, 3.8) is 0 Å². The number of benzene rings is 5. The Balaban J connectivity index is -0.00000155. The van der Waals surface area contributed by atoms with Crippen molar-refractivity contribution in [2.75, 3.05) is 0 Å². The number of hydrogen-bond donors (Lipinski definition) is 0. The zero-order valence-electron chi connectivity index (χ0n) is 49.8. The van der Waals surface area contributed by atoms with Gasteiger partial charge in [0, 0.05) is 40.8 Å². The number of thioether (sulfide) groups is 2. The summed E-state index contributed by atoms with van der Waals surface area (Å²) in [6, 6.07) is -1.33. The van der Waals surface area contributed by atoms with Crippen LogP contribution >= 0.6 is 69.6 Å². The molecule has 5 rings (SSSR count). The number of ether oxygens (including phenoxy) is 3. The molecule has 0 unspecified atom stereocenters. The molecule has 0 aromatic heterocycles. The van der Waals surface area contributed by atoms with E-state index in [1.165, 1.54) is 0 Å². The molecule has 109 heavy (non-hydrogen) atoms. The maximum absolute atomic E-state index is 15.1. The smallest absolute Gasteiger partial charge is 0.774 e. The van der Waals surface area contributed by atoms with E-state index >= 15 is 8.78 Å². The fourth-order valence-corrected chi connectivity index (χ4v) is 10.0. The second kappa shape index (κ2) is 41.5. The van der Waals surface area contributed by atoms with Crippen molar-refractivity contribution in [2.24, 2.45) is 0 Å². The van der Waals surface area contributed by atoms with Gasteiger partial charge in [0.2, 0.25) is 0 Å². The molecular weight excluding hydrogens is 2030 g/mol. The Morgan fingerprint density at radius 2 is 0.550 bits per heavy atom. The molecule has 12 nitrogen and oxygen atoms in total. The summed E-state index contributed by atoms with van der Waals surface area (Å²) in [5, 5.41) is -27.1. The third kappa shape index (κ3) is 27.6. The molecule has 67 heteroatoms. The van der Waals surface area contributed by atoms with Crippen molar-refractivity contribution in [3.8, 4) is 0 Å². The summed E-state index contributed by atoms with van der Waals surface area (Å²) in [5.74, 6) is -39.6. The first-order valence-electron chi connectivity index (χ1n) is 22.7. The Kier molecular flexibility index (Phi) is 43.7. The number of rotatable bonds is 24. The van der Waals surface area contributed by atoms with Gasteiger partial charge in [0.05, 0.1) is 40.4 Å². The molecule has 0 fully saturated rings. The molecule has 0 saturated heterocycles. The molecule has 0 atom stereocenters. The SMILES string of the molecule is Fc1cc(F)c(F)c([S-])c1F.O=S(=O)([O-])C(F)(F)C(F)(F)OC(F)(F)C(F)(F)Sc1c(F)c(F)cc(F)c1F.O=S(=O)([O-])C(F)(F)C(F)(F)OC(F)(F)C(F)(F)Sc1c(F)c(F)cc(Sc2c(F)c(F)cc(Sc3c(F)c(F)cc(F)c3F)c2F)c1F.O=[S-](=O)OC(F)(F)C(F)(F)OC(F)(F)C(F)(F)I.[K+].[K+].[K+].[K+]. The largest absolute Gasteiger partial charge is 1.00 e. The minimum Gasteiger partial charge on any atom is -0.774 e. The van der Waals surface area contributed by atoms with Gasteiger partial charge in [-0.15, -0.1) is 0 Å². The van der Waals surface area contributed by atoms with Crippen LogP contribution in [0.1, 0.15) is 0 Å². The quantitative estimate of drug-likeness (QED) is 0.00908. The fourth-order valence-electron chi connectivity index (χ4n) is 5.14. The summed E-state index contributed by atoms with van der Waals surface area (Å²) in [6.45, 7) is 0. The van der Waals surface area contributed by atoms with Gasteiger partial charge in [-0.1, -0.05) is 28.4 Å². The van der Waals surface area contributed by atoms with Gasteiger partial charge in [-0.25, -0.2) is 110 Å². The summed E-state index contributed by atoms with van der Waals surface area (Å²) in [7, 11) is -19.3. The van der Waals surface area contributed by atoms with Crippen LogP contribution in [0.4, 0.5) is 184 Å². The predicted octanol–water partition coefficient (Wildman–Crippen LogP) is 6.89. The van der Waals surface area contributed by atoms with Crippen molar-refractivity contribution in [2.45, 2.75) is 102 Å². The second-order valence-electron chi connectivity index (χ2n) is 17.1. The van der Waals surface area contributed by atoms with Crippen LogP contribution in [0.2, 0.25) is 0 Å². The van der Waals surface area contributed by atoms with Crippen molar-refractivity contribution in [1.82, 2.24) is 0 Å². The molecule has 5 aromatic rings. The Hall–Kier alpha value is 1.67. The van der Waals surface area contributed by atoms with Gasteiger partial charge in [-0.2, -0.15) is 105 Å². The standard InChI is InChI=1S/C22H4F18O4S4.C10H2F12O4S2.C6H2F4S.C4F8IO4S.4K/c23-4-1-5(24)11(28)16(10(4)27)45-8-2-6(25)12(29)17(14(8)31)46-9-3-7(26)13(30)18(15(9)32)47-21(37,38)19(33,34)44-20(35,36)22(39,40)48(41,42)43;11-2-1-3(12)5(14)6(4(2)13)27-9(19,20)7(15,16)26-8(17,18)10(21,22)28(23,24)25;7-2-1-3(8)5(10)6(11)4(2)9;5-1(6,13)2(7,8)16-3(9,10)4(11,12)17-18(14)15;;;;/h1-3H,(H,41,42,43);1H,(H,23,24,25);1,11H;;;;;/q;;;-1;4*+1/p-3. The zero-order valence-corrected chi connectivity index (χ0v) is 71.0.